The summed E-state index contributed by atoms with van der Waals surface area (Å²) < 4.78 is 5.45. The van der Waals surface area contributed by atoms with Crippen LogP contribution < -0.4 is 10.2 Å². The lowest BCUT2D eigenvalue weighted by molar-refractivity contribution is 0.00356. The number of phenolic OH excluding ortho intramolecular Hbond substituents is 1. The third-order valence-electron chi connectivity index (χ3n) is 3.89. The summed E-state index contributed by atoms with van der Waals surface area (Å²) in [7, 11) is 0. The van der Waals surface area contributed by atoms with Gasteiger partial charge in [-0.25, -0.2) is 0 Å². The van der Waals surface area contributed by atoms with Crippen molar-refractivity contribution in [1.29, 1.82) is 0 Å². The highest BCUT2D eigenvalue weighted by molar-refractivity contribution is 5.54. The molecule has 0 bridgehead atoms. The second-order valence-corrected chi connectivity index (χ2v) is 5.54. The number of ether oxygens (including phenoxy) is 1. The molecule has 2 unspecified atom stereocenters. The zero-order chi connectivity index (χ0) is 15.2. The van der Waals surface area contributed by atoms with Crippen LogP contribution in [0.5, 0.6) is 5.75 Å². The van der Waals surface area contributed by atoms with Gasteiger partial charge >= 0.3 is 0 Å². The minimum absolute atomic E-state index is 0.0263. The quantitative estimate of drug-likeness (QED) is 0.744. The SMILES string of the molecule is CCCNC(C)c1ccc(N2CCOC(CO)C2)cc1O. The van der Waals surface area contributed by atoms with Gasteiger partial charge in [-0.05, 0) is 26.0 Å². The Morgan fingerprint density at radius 2 is 2.29 bits per heavy atom. The number of aliphatic hydroxyl groups is 1. The van der Waals surface area contributed by atoms with Crippen LogP contribution in [0.3, 0.4) is 0 Å². The second kappa shape index (κ2) is 7.64. The number of aliphatic hydroxyl groups excluding tert-OH is 1. The number of rotatable bonds is 6. The lowest BCUT2D eigenvalue weighted by Crippen LogP contribution is -2.44. The Hall–Kier alpha value is -1.30. The van der Waals surface area contributed by atoms with Crippen LogP contribution in [0.4, 0.5) is 5.69 Å². The first-order chi connectivity index (χ1) is 10.2. The van der Waals surface area contributed by atoms with Crippen molar-refractivity contribution in [3.8, 4) is 5.75 Å². The maximum Gasteiger partial charge on any atom is 0.122 e. The molecule has 21 heavy (non-hydrogen) atoms. The Morgan fingerprint density at radius 1 is 1.48 bits per heavy atom. The molecule has 1 saturated heterocycles. The molecule has 0 spiro atoms. The standard InChI is InChI=1S/C16H26N2O3/c1-3-6-17-12(2)15-5-4-13(9-16(15)20)18-7-8-21-14(10-18)11-19/h4-5,9,12,14,17,19-20H,3,6-8,10-11H2,1-2H3. The van der Waals surface area contributed by atoms with E-state index in [0.29, 0.717) is 18.9 Å². The van der Waals surface area contributed by atoms with Crippen LogP contribution in [0.25, 0.3) is 0 Å². The Balaban J connectivity index is 2.07. The summed E-state index contributed by atoms with van der Waals surface area (Å²) in [6.45, 7) is 7.17. The smallest absolute Gasteiger partial charge is 0.122 e. The zero-order valence-corrected chi connectivity index (χ0v) is 12.9. The molecule has 1 fully saturated rings. The van der Waals surface area contributed by atoms with Crippen molar-refractivity contribution in [3.63, 3.8) is 0 Å². The Bertz CT molecular complexity index is 453. The third kappa shape index (κ3) is 4.09. The van der Waals surface area contributed by atoms with Gasteiger partial charge in [-0.3, -0.25) is 0 Å². The Morgan fingerprint density at radius 3 is 2.95 bits per heavy atom. The second-order valence-electron chi connectivity index (χ2n) is 5.54. The molecule has 2 rings (SSSR count). The molecule has 0 aromatic heterocycles. The van der Waals surface area contributed by atoms with Crippen molar-refractivity contribution in [1.82, 2.24) is 5.32 Å². The summed E-state index contributed by atoms with van der Waals surface area (Å²) in [6, 6.07) is 5.94. The van der Waals surface area contributed by atoms with Crippen LogP contribution >= 0.6 is 0 Å². The first-order valence-corrected chi connectivity index (χ1v) is 7.69. The van der Waals surface area contributed by atoms with E-state index in [2.05, 4.69) is 24.1 Å². The van der Waals surface area contributed by atoms with Gasteiger partial charge in [-0.2, -0.15) is 0 Å². The molecular weight excluding hydrogens is 268 g/mol. The zero-order valence-electron chi connectivity index (χ0n) is 12.9. The molecule has 0 amide bonds. The molecule has 1 aromatic rings. The average molecular weight is 294 g/mol. The topological polar surface area (TPSA) is 65.0 Å². The van der Waals surface area contributed by atoms with Gasteiger partial charge in [0.15, 0.2) is 0 Å². The average Bonchev–Trinajstić information content (AvgIpc) is 2.52. The minimum Gasteiger partial charge on any atom is -0.508 e. The number of hydrogen-bond acceptors (Lipinski definition) is 5. The molecular formula is C16H26N2O3. The highest BCUT2D eigenvalue weighted by Crippen LogP contribution is 2.29. The lowest BCUT2D eigenvalue weighted by Gasteiger charge is -2.34. The van der Waals surface area contributed by atoms with Gasteiger partial charge < -0.3 is 25.2 Å². The van der Waals surface area contributed by atoms with Crippen molar-refractivity contribution < 1.29 is 14.9 Å². The number of benzene rings is 1. The Kier molecular flexibility index (Phi) is 5.85. The molecule has 3 N–H and O–H groups in total. The van der Waals surface area contributed by atoms with Crippen molar-refractivity contribution in [2.75, 3.05) is 37.7 Å². The van der Waals surface area contributed by atoms with Crippen LogP contribution in [0, 0.1) is 0 Å². The molecule has 0 saturated carbocycles. The fourth-order valence-electron chi connectivity index (χ4n) is 2.63. The number of hydrogen-bond donors (Lipinski definition) is 3. The van der Waals surface area contributed by atoms with E-state index < -0.39 is 0 Å². The van der Waals surface area contributed by atoms with Crippen molar-refractivity contribution in [2.24, 2.45) is 0 Å². The molecule has 1 aliphatic heterocycles. The van der Waals surface area contributed by atoms with E-state index in [1.807, 2.05) is 12.1 Å². The summed E-state index contributed by atoms with van der Waals surface area (Å²) >= 11 is 0. The highest BCUT2D eigenvalue weighted by Gasteiger charge is 2.21. The van der Waals surface area contributed by atoms with Crippen LogP contribution in [-0.4, -0.2) is 49.2 Å². The predicted octanol–water partition coefficient (Wildman–Crippen LogP) is 1.65. The molecule has 0 aliphatic carbocycles. The van der Waals surface area contributed by atoms with Crippen molar-refractivity contribution in [3.05, 3.63) is 23.8 Å². The van der Waals surface area contributed by atoms with Gasteiger partial charge in [0, 0.05) is 36.4 Å². The van der Waals surface area contributed by atoms with Crippen molar-refractivity contribution >= 4 is 5.69 Å². The number of morpholine rings is 1. The molecule has 0 radical (unpaired) electrons. The van der Waals surface area contributed by atoms with Gasteiger partial charge in [-0.1, -0.05) is 13.0 Å². The summed E-state index contributed by atoms with van der Waals surface area (Å²) in [4.78, 5) is 2.14. The van der Waals surface area contributed by atoms with Gasteiger partial charge in [0.1, 0.15) is 5.75 Å². The first-order valence-electron chi connectivity index (χ1n) is 7.69. The highest BCUT2D eigenvalue weighted by atomic mass is 16.5. The third-order valence-corrected chi connectivity index (χ3v) is 3.89. The van der Waals surface area contributed by atoms with Gasteiger partial charge in [0.2, 0.25) is 0 Å². The van der Waals surface area contributed by atoms with E-state index in [9.17, 15) is 10.2 Å². The minimum atomic E-state index is -0.147. The van der Waals surface area contributed by atoms with E-state index in [-0.39, 0.29) is 18.8 Å². The first kappa shape index (κ1) is 16.1. The molecule has 118 valence electrons. The number of aromatic hydroxyl groups is 1. The molecule has 1 aromatic carbocycles. The van der Waals surface area contributed by atoms with E-state index in [1.165, 1.54) is 0 Å². The summed E-state index contributed by atoms with van der Waals surface area (Å²) in [5, 5.41) is 22.8. The van der Waals surface area contributed by atoms with Crippen LogP contribution in [0.15, 0.2) is 18.2 Å². The van der Waals surface area contributed by atoms with E-state index >= 15 is 0 Å². The van der Waals surface area contributed by atoms with Crippen LogP contribution in [0.2, 0.25) is 0 Å². The van der Waals surface area contributed by atoms with Crippen molar-refractivity contribution in [2.45, 2.75) is 32.4 Å². The largest absolute Gasteiger partial charge is 0.508 e. The predicted molar refractivity (Wildman–Crippen MR) is 83.9 cm³/mol. The maximum atomic E-state index is 10.3. The van der Waals surface area contributed by atoms with Crippen LogP contribution in [0.1, 0.15) is 31.9 Å². The van der Waals surface area contributed by atoms with Gasteiger partial charge in [0.05, 0.1) is 19.3 Å². The lowest BCUT2D eigenvalue weighted by atomic mass is 10.1. The number of nitrogens with one attached hydrogen (secondary N) is 1. The number of nitrogens with zero attached hydrogens (tertiary/aromatic N) is 1. The normalized spacial score (nSPS) is 20.5. The van der Waals surface area contributed by atoms with Gasteiger partial charge in [-0.15, -0.1) is 0 Å². The number of phenols is 1. The molecule has 1 heterocycles. The van der Waals surface area contributed by atoms with E-state index in [0.717, 1.165) is 30.8 Å². The summed E-state index contributed by atoms with van der Waals surface area (Å²) in [5.41, 5.74) is 1.89. The molecule has 1 aliphatic rings. The molecule has 2 atom stereocenters. The maximum absolute atomic E-state index is 10.3. The summed E-state index contributed by atoms with van der Waals surface area (Å²) in [5.74, 6) is 0.315. The number of anilines is 1. The van der Waals surface area contributed by atoms with E-state index in [1.54, 1.807) is 6.07 Å². The Labute approximate surface area is 126 Å². The monoisotopic (exact) mass is 294 g/mol. The van der Waals surface area contributed by atoms with Gasteiger partial charge in [0.25, 0.3) is 0 Å². The molecule has 5 heteroatoms. The van der Waals surface area contributed by atoms with E-state index in [4.69, 9.17) is 4.74 Å². The van der Waals surface area contributed by atoms with Crippen LogP contribution in [-0.2, 0) is 4.74 Å². The fraction of sp³-hybridized carbons (Fsp3) is 0.625. The fourth-order valence-corrected chi connectivity index (χ4v) is 2.63. The molecule has 5 nitrogen and oxygen atoms in total. The summed E-state index contributed by atoms with van der Waals surface area (Å²) in [6.07, 6.45) is 0.921.